The lowest BCUT2D eigenvalue weighted by molar-refractivity contribution is 0.217. The highest BCUT2D eigenvalue weighted by molar-refractivity contribution is 5.26. The predicted octanol–water partition coefficient (Wildman–Crippen LogP) is 1.56. The molecule has 0 spiro atoms. The molecule has 0 atom stereocenters. The zero-order valence-electron chi connectivity index (χ0n) is 8.63. The summed E-state index contributed by atoms with van der Waals surface area (Å²) in [6.07, 6.45) is 0. The molecule has 3 heteroatoms. The fraction of sp³-hybridized carbons (Fsp3) is 0.455. The van der Waals surface area contributed by atoms with Crippen molar-refractivity contribution in [3.8, 4) is 0 Å². The van der Waals surface area contributed by atoms with Crippen LogP contribution in [-0.4, -0.2) is 30.2 Å². The first-order valence-corrected chi connectivity index (χ1v) is 4.68. The largest absolute Gasteiger partial charge is 0.395 e. The van der Waals surface area contributed by atoms with Gasteiger partial charge >= 0.3 is 0 Å². The Kier molecular flexibility index (Phi) is 4.04. The highest BCUT2D eigenvalue weighted by Gasteiger charge is 2.03. The Labute approximate surface area is 84.0 Å². The molecule has 0 amide bonds. The van der Waals surface area contributed by atoms with E-state index in [0.29, 0.717) is 6.54 Å². The van der Waals surface area contributed by atoms with Crippen LogP contribution in [0.1, 0.15) is 11.1 Å². The van der Waals surface area contributed by atoms with Crippen LogP contribution in [0.3, 0.4) is 0 Å². The minimum atomic E-state index is -0.198. The van der Waals surface area contributed by atoms with Crippen molar-refractivity contribution >= 4 is 0 Å². The van der Waals surface area contributed by atoms with E-state index in [9.17, 15) is 4.39 Å². The van der Waals surface area contributed by atoms with Crippen LogP contribution in [0.15, 0.2) is 18.2 Å². The summed E-state index contributed by atoms with van der Waals surface area (Å²) in [6, 6.07) is 4.79. The van der Waals surface area contributed by atoms with Crippen LogP contribution < -0.4 is 0 Å². The van der Waals surface area contributed by atoms with Crippen molar-refractivity contribution in [1.29, 1.82) is 0 Å². The highest BCUT2D eigenvalue weighted by atomic mass is 19.1. The molecule has 0 aliphatic heterocycles. The van der Waals surface area contributed by atoms with Gasteiger partial charge in [-0.2, -0.15) is 0 Å². The molecular weight excluding hydrogens is 181 g/mol. The lowest BCUT2D eigenvalue weighted by atomic mass is 10.1. The number of aryl methyl sites for hydroxylation is 1. The van der Waals surface area contributed by atoms with E-state index in [1.807, 2.05) is 18.9 Å². The van der Waals surface area contributed by atoms with Gasteiger partial charge in [0, 0.05) is 13.1 Å². The summed E-state index contributed by atoms with van der Waals surface area (Å²) in [6.45, 7) is 3.42. The fourth-order valence-electron chi connectivity index (χ4n) is 1.38. The Morgan fingerprint density at radius 3 is 2.71 bits per heavy atom. The van der Waals surface area contributed by atoms with E-state index >= 15 is 0 Å². The van der Waals surface area contributed by atoms with Gasteiger partial charge < -0.3 is 5.11 Å². The van der Waals surface area contributed by atoms with Crippen LogP contribution >= 0.6 is 0 Å². The average molecular weight is 197 g/mol. The number of nitrogens with zero attached hydrogens (tertiary/aromatic N) is 1. The van der Waals surface area contributed by atoms with E-state index in [4.69, 9.17) is 5.11 Å². The summed E-state index contributed by atoms with van der Waals surface area (Å²) in [7, 11) is 1.93. The van der Waals surface area contributed by atoms with Crippen molar-refractivity contribution in [3.05, 3.63) is 35.1 Å². The maximum Gasteiger partial charge on any atom is 0.123 e. The van der Waals surface area contributed by atoms with Gasteiger partial charge in [-0.1, -0.05) is 6.07 Å². The van der Waals surface area contributed by atoms with Crippen molar-refractivity contribution < 1.29 is 9.50 Å². The SMILES string of the molecule is Cc1cc(F)ccc1CN(C)CCO. The number of hydrogen-bond acceptors (Lipinski definition) is 2. The summed E-state index contributed by atoms with van der Waals surface area (Å²) in [5.41, 5.74) is 2.05. The van der Waals surface area contributed by atoms with Crippen molar-refractivity contribution in [3.63, 3.8) is 0 Å². The van der Waals surface area contributed by atoms with Crippen molar-refractivity contribution in [1.82, 2.24) is 4.90 Å². The van der Waals surface area contributed by atoms with E-state index < -0.39 is 0 Å². The lowest BCUT2D eigenvalue weighted by Gasteiger charge is -2.16. The van der Waals surface area contributed by atoms with Gasteiger partial charge in [0.05, 0.1) is 6.61 Å². The van der Waals surface area contributed by atoms with Gasteiger partial charge in [0.15, 0.2) is 0 Å². The topological polar surface area (TPSA) is 23.5 Å². The first kappa shape index (κ1) is 11.1. The molecule has 0 aromatic heterocycles. The monoisotopic (exact) mass is 197 g/mol. The third-order valence-corrected chi connectivity index (χ3v) is 2.23. The van der Waals surface area contributed by atoms with E-state index in [-0.39, 0.29) is 12.4 Å². The number of hydrogen-bond donors (Lipinski definition) is 1. The van der Waals surface area contributed by atoms with Crippen LogP contribution in [0.2, 0.25) is 0 Å². The van der Waals surface area contributed by atoms with Crippen LogP contribution in [0.5, 0.6) is 0 Å². The third-order valence-electron chi connectivity index (χ3n) is 2.23. The van der Waals surface area contributed by atoms with Gasteiger partial charge in [-0.05, 0) is 37.2 Å². The molecule has 78 valence electrons. The normalized spacial score (nSPS) is 10.9. The smallest absolute Gasteiger partial charge is 0.123 e. The number of aliphatic hydroxyl groups is 1. The zero-order valence-corrected chi connectivity index (χ0v) is 8.63. The minimum Gasteiger partial charge on any atom is -0.395 e. The first-order chi connectivity index (χ1) is 6.63. The summed E-state index contributed by atoms with van der Waals surface area (Å²) in [5, 5.41) is 8.73. The number of likely N-dealkylation sites (N-methyl/N-ethyl adjacent to an activating group) is 1. The highest BCUT2D eigenvalue weighted by Crippen LogP contribution is 2.11. The minimum absolute atomic E-state index is 0.150. The second-order valence-electron chi connectivity index (χ2n) is 3.53. The van der Waals surface area contributed by atoms with Crippen LogP contribution in [-0.2, 0) is 6.54 Å². The van der Waals surface area contributed by atoms with E-state index in [0.717, 1.165) is 17.7 Å². The summed E-state index contributed by atoms with van der Waals surface area (Å²) in [4.78, 5) is 2.00. The Balaban J connectivity index is 2.67. The van der Waals surface area contributed by atoms with Crippen molar-refractivity contribution in [2.24, 2.45) is 0 Å². The molecule has 1 aromatic carbocycles. The molecular formula is C11H16FNO. The van der Waals surface area contributed by atoms with Crippen molar-refractivity contribution in [2.75, 3.05) is 20.2 Å². The molecule has 0 bridgehead atoms. The molecule has 0 fully saturated rings. The van der Waals surface area contributed by atoms with Gasteiger partial charge in [-0.25, -0.2) is 4.39 Å². The number of rotatable bonds is 4. The van der Waals surface area contributed by atoms with Gasteiger partial charge in [-0.15, -0.1) is 0 Å². The zero-order chi connectivity index (χ0) is 10.6. The molecule has 2 nitrogen and oxygen atoms in total. The second kappa shape index (κ2) is 5.08. The average Bonchev–Trinajstić information content (AvgIpc) is 2.10. The van der Waals surface area contributed by atoms with Crippen LogP contribution in [0.25, 0.3) is 0 Å². The van der Waals surface area contributed by atoms with E-state index in [1.54, 1.807) is 6.07 Å². The Morgan fingerprint density at radius 2 is 2.14 bits per heavy atom. The summed E-state index contributed by atoms with van der Waals surface area (Å²) < 4.78 is 12.8. The molecule has 0 aliphatic carbocycles. The molecule has 0 heterocycles. The summed E-state index contributed by atoms with van der Waals surface area (Å²) >= 11 is 0. The molecule has 0 aliphatic rings. The molecule has 1 rings (SSSR count). The first-order valence-electron chi connectivity index (χ1n) is 4.68. The molecule has 1 N–H and O–H groups in total. The lowest BCUT2D eigenvalue weighted by Crippen LogP contribution is -2.21. The number of aliphatic hydroxyl groups excluding tert-OH is 1. The van der Waals surface area contributed by atoms with Gasteiger partial charge in [0.2, 0.25) is 0 Å². The van der Waals surface area contributed by atoms with Crippen LogP contribution in [0, 0.1) is 12.7 Å². The number of benzene rings is 1. The molecule has 0 unspecified atom stereocenters. The maximum atomic E-state index is 12.8. The summed E-state index contributed by atoms with van der Waals surface area (Å²) in [5.74, 6) is -0.198. The Hall–Kier alpha value is -0.930. The molecule has 1 aromatic rings. The molecule has 14 heavy (non-hydrogen) atoms. The van der Waals surface area contributed by atoms with Crippen molar-refractivity contribution in [2.45, 2.75) is 13.5 Å². The number of halogens is 1. The van der Waals surface area contributed by atoms with Gasteiger partial charge in [0.25, 0.3) is 0 Å². The standard InChI is InChI=1S/C11H16FNO/c1-9-7-11(12)4-3-10(9)8-13(2)5-6-14/h3-4,7,14H,5-6,8H2,1-2H3. The molecule has 0 radical (unpaired) electrons. The Morgan fingerprint density at radius 1 is 1.43 bits per heavy atom. The maximum absolute atomic E-state index is 12.8. The van der Waals surface area contributed by atoms with Crippen LogP contribution in [0.4, 0.5) is 4.39 Å². The van der Waals surface area contributed by atoms with Gasteiger partial charge in [-0.3, -0.25) is 4.90 Å². The second-order valence-corrected chi connectivity index (χ2v) is 3.53. The quantitative estimate of drug-likeness (QED) is 0.791. The predicted molar refractivity (Wildman–Crippen MR) is 54.6 cm³/mol. The van der Waals surface area contributed by atoms with Gasteiger partial charge in [0.1, 0.15) is 5.82 Å². The van der Waals surface area contributed by atoms with E-state index in [1.165, 1.54) is 12.1 Å². The third kappa shape index (κ3) is 3.09. The van der Waals surface area contributed by atoms with E-state index in [2.05, 4.69) is 0 Å². The molecule has 0 saturated heterocycles. The molecule has 0 saturated carbocycles. The fourth-order valence-corrected chi connectivity index (χ4v) is 1.38. The Bertz CT molecular complexity index is 301.